The molecule has 0 saturated carbocycles. The van der Waals surface area contributed by atoms with Crippen molar-refractivity contribution in [3.8, 4) is 0 Å². The van der Waals surface area contributed by atoms with Crippen molar-refractivity contribution in [3.63, 3.8) is 0 Å². The molecule has 5 nitrogen and oxygen atoms in total. The molecule has 1 aliphatic rings. The van der Waals surface area contributed by atoms with E-state index in [4.69, 9.17) is 4.98 Å². The van der Waals surface area contributed by atoms with Gasteiger partial charge >= 0.3 is 0 Å². The summed E-state index contributed by atoms with van der Waals surface area (Å²) in [6, 6.07) is 8.45. The standard InChI is InChI=1S/C20H27FN4O/c1-14(2)20-22-15(3)12-19(23-20)25-10-8-24(9-11-25)13-18(26)16-6-4-5-7-17(16)21/h4-7,12,14,18,26H,8-11,13H2,1-3H3. The highest BCUT2D eigenvalue weighted by Crippen LogP contribution is 2.21. The quantitative estimate of drug-likeness (QED) is 0.891. The zero-order valence-corrected chi connectivity index (χ0v) is 15.7. The van der Waals surface area contributed by atoms with Crippen LogP contribution in [0.5, 0.6) is 0 Å². The molecule has 1 saturated heterocycles. The summed E-state index contributed by atoms with van der Waals surface area (Å²) in [7, 11) is 0. The van der Waals surface area contributed by atoms with Crippen molar-refractivity contribution in [2.45, 2.75) is 32.8 Å². The van der Waals surface area contributed by atoms with Gasteiger partial charge in [0.05, 0.1) is 6.10 Å². The number of β-amino-alcohol motifs (C(OH)–C–C–N with tert-alkyl or cyclic N) is 1. The number of hydrogen-bond acceptors (Lipinski definition) is 5. The van der Waals surface area contributed by atoms with Crippen LogP contribution < -0.4 is 4.90 Å². The minimum Gasteiger partial charge on any atom is -0.387 e. The summed E-state index contributed by atoms with van der Waals surface area (Å²) in [5.41, 5.74) is 1.35. The van der Waals surface area contributed by atoms with E-state index in [1.54, 1.807) is 18.2 Å². The number of benzene rings is 1. The average molecular weight is 358 g/mol. The van der Waals surface area contributed by atoms with Gasteiger partial charge in [-0.05, 0) is 13.0 Å². The molecular formula is C20H27FN4O. The lowest BCUT2D eigenvalue weighted by atomic mass is 10.1. The molecule has 6 heteroatoms. The molecule has 1 fully saturated rings. The molecule has 3 rings (SSSR count). The Kier molecular flexibility index (Phi) is 5.84. The van der Waals surface area contributed by atoms with Gasteiger partial charge in [-0.2, -0.15) is 0 Å². The molecule has 0 bridgehead atoms. The van der Waals surface area contributed by atoms with Crippen LogP contribution in [-0.4, -0.2) is 52.7 Å². The number of anilines is 1. The van der Waals surface area contributed by atoms with Crippen LogP contribution in [0.1, 0.15) is 43.0 Å². The van der Waals surface area contributed by atoms with Crippen molar-refractivity contribution < 1.29 is 9.50 Å². The number of aromatic nitrogens is 2. The van der Waals surface area contributed by atoms with Gasteiger partial charge in [0.2, 0.25) is 0 Å². The van der Waals surface area contributed by atoms with Gasteiger partial charge in [0.15, 0.2) is 0 Å². The number of rotatable bonds is 5. The monoisotopic (exact) mass is 358 g/mol. The normalized spacial score (nSPS) is 16.9. The molecule has 1 aromatic carbocycles. The van der Waals surface area contributed by atoms with Gasteiger partial charge in [-0.15, -0.1) is 0 Å². The SMILES string of the molecule is Cc1cc(N2CCN(CC(O)c3ccccc3F)CC2)nc(C(C)C)n1. The Morgan fingerprint density at radius 3 is 2.46 bits per heavy atom. The van der Waals surface area contributed by atoms with Crippen molar-refractivity contribution in [1.82, 2.24) is 14.9 Å². The Balaban J connectivity index is 1.60. The van der Waals surface area contributed by atoms with Gasteiger partial charge in [0.1, 0.15) is 17.5 Å². The Morgan fingerprint density at radius 1 is 1.12 bits per heavy atom. The van der Waals surface area contributed by atoms with Crippen molar-refractivity contribution in [2.75, 3.05) is 37.6 Å². The van der Waals surface area contributed by atoms with E-state index in [2.05, 4.69) is 28.6 Å². The van der Waals surface area contributed by atoms with E-state index >= 15 is 0 Å². The summed E-state index contributed by atoms with van der Waals surface area (Å²) in [4.78, 5) is 13.6. The van der Waals surface area contributed by atoms with Crippen molar-refractivity contribution >= 4 is 5.82 Å². The number of aliphatic hydroxyl groups excluding tert-OH is 1. The van der Waals surface area contributed by atoms with E-state index in [1.807, 2.05) is 13.0 Å². The lowest BCUT2D eigenvalue weighted by molar-refractivity contribution is 0.106. The lowest BCUT2D eigenvalue weighted by Gasteiger charge is -2.36. The maximum atomic E-state index is 13.8. The first-order valence-electron chi connectivity index (χ1n) is 9.19. The number of aliphatic hydroxyl groups is 1. The van der Waals surface area contributed by atoms with Crippen molar-refractivity contribution in [3.05, 3.63) is 53.2 Å². The fourth-order valence-electron chi connectivity index (χ4n) is 3.24. The highest BCUT2D eigenvalue weighted by molar-refractivity contribution is 5.40. The van der Waals surface area contributed by atoms with Crippen LogP contribution in [0.2, 0.25) is 0 Å². The third kappa shape index (κ3) is 4.37. The first kappa shape index (κ1) is 18.7. The van der Waals surface area contributed by atoms with Crippen LogP contribution in [0.4, 0.5) is 10.2 Å². The summed E-state index contributed by atoms with van der Waals surface area (Å²) in [5.74, 6) is 1.79. The summed E-state index contributed by atoms with van der Waals surface area (Å²) in [6.45, 7) is 9.92. The molecule has 2 aromatic rings. The first-order valence-corrected chi connectivity index (χ1v) is 9.19. The summed E-state index contributed by atoms with van der Waals surface area (Å²) in [5, 5.41) is 10.4. The molecule has 140 valence electrons. The van der Waals surface area contributed by atoms with E-state index in [1.165, 1.54) is 6.07 Å². The largest absolute Gasteiger partial charge is 0.387 e. The Labute approximate surface area is 154 Å². The smallest absolute Gasteiger partial charge is 0.133 e. The molecule has 26 heavy (non-hydrogen) atoms. The molecule has 0 aliphatic carbocycles. The zero-order valence-electron chi connectivity index (χ0n) is 15.7. The number of aryl methyl sites for hydroxylation is 1. The molecule has 1 N–H and O–H groups in total. The Bertz CT molecular complexity index is 744. The van der Waals surface area contributed by atoms with Crippen LogP contribution >= 0.6 is 0 Å². The van der Waals surface area contributed by atoms with Gasteiger partial charge in [0.25, 0.3) is 0 Å². The molecule has 0 radical (unpaired) electrons. The van der Waals surface area contributed by atoms with Gasteiger partial charge in [0, 0.05) is 56.0 Å². The number of nitrogens with zero attached hydrogens (tertiary/aromatic N) is 4. The molecule has 0 spiro atoms. The molecular weight excluding hydrogens is 331 g/mol. The summed E-state index contributed by atoms with van der Waals surface area (Å²) >= 11 is 0. The average Bonchev–Trinajstić information content (AvgIpc) is 2.62. The molecule has 1 aliphatic heterocycles. The van der Waals surface area contributed by atoms with Crippen molar-refractivity contribution in [1.29, 1.82) is 0 Å². The summed E-state index contributed by atoms with van der Waals surface area (Å²) < 4.78 is 13.8. The lowest BCUT2D eigenvalue weighted by Crippen LogP contribution is -2.48. The Hall–Kier alpha value is -2.05. The molecule has 1 aromatic heterocycles. The first-order chi connectivity index (χ1) is 12.4. The third-order valence-corrected chi connectivity index (χ3v) is 4.77. The Morgan fingerprint density at radius 2 is 1.81 bits per heavy atom. The molecule has 0 amide bonds. The predicted molar refractivity (Wildman–Crippen MR) is 101 cm³/mol. The van der Waals surface area contributed by atoms with Crippen LogP contribution in [0, 0.1) is 12.7 Å². The third-order valence-electron chi connectivity index (χ3n) is 4.77. The second-order valence-corrected chi connectivity index (χ2v) is 7.21. The molecule has 2 heterocycles. The van der Waals surface area contributed by atoms with E-state index in [9.17, 15) is 9.50 Å². The van der Waals surface area contributed by atoms with E-state index in [0.29, 0.717) is 18.0 Å². The predicted octanol–water partition coefficient (Wildman–Crippen LogP) is 2.90. The summed E-state index contributed by atoms with van der Waals surface area (Å²) in [6.07, 6.45) is -0.809. The minimum atomic E-state index is -0.809. The van der Waals surface area contributed by atoms with Crippen LogP contribution in [-0.2, 0) is 0 Å². The second-order valence-electron chi connectivity index (χ2n) is 7.21. The maximum Gasteiger partial charge on any atom is 0.133 e. The minimum absolute atomic E-state index is 0.297. The number of hydrogen-bond donors (Lipinski definition) is 1. The van der Waals surface area contributed by atoms with E-state index < -0.39 is 6.10 Å². The van der Waals surface area contributed by atoms with Gasteiger partial charge in [-0.25, -0.2) is 14.4 Å². The van der Waals surface area contributed by atoms with Gasteiger partial charge in [-0.3, -0.25) is 4.90 Å². The molecule has 1 unspecified atom stereocenters. The maximum absolute atomic E-state index is 13.8. The second kappa shape index (κ2) is 8.10. The molecule has 1 atom stereocenters. The van der Waals surface area contributed by atoms with Crippen LogP contribution in [0.3, 0.4) is 0 Å². The highest BCUT2D eigenvalue weighted by atomic mass is 19.1. The fourth-order valence-corrected chi connectivity index (χ4v) is 3.24. The van der Waals surface area contributed by atoms with E-state index in [0.717, 1.165) is 43.5 Å². The van der Waals surface area contributed by atoms with Gasteiger partial charge < -0.3 is 10.0 Å². The highest BCUT2D eigenvalue weighted by Gasteiger charge is 2.22. The topological polar surface area (TPSA) is 52.5 Å². The number of halogens is 1. The fraction of sp³-hybridized carbons (Fsp3) is 0.500. The van der Waals surface area contributed by atoms with Gasteiger partial charge in [-0.1, -0.05) is 32.0 Å². The van der Waals surface area contributed by atoms with Crippen LogP contribution in [0.25, 0.3) is 0 Å². The van der Waals surface area contributed by atoms with Crippen molar-refractivity contribution in [2.24, 2.45) is 0 Å². The number of piperazine rings is 1. The van der Waals surface area contributed by atoms with E-state index in [-0.39, 0.29) is 5.82 Å². The zero-order chi connectivity index (χ0) is 18.7. The van der Waals surface area contributed by atoms with Crippen LogP contribution in [0.15, 0.2) is 30.3 Å².